The molecule has 1 heterocycles. The second-order valence-corrected chi connectivity index (χ2v) is 3.64. The zero-order valence-electron chi connectivity index (χ0n) is 7.81. The first-order valence-electron chi connectivity index (χ1n) is 4.48. The summed E-state index contributed by atoms with van der Waals surface area (Å²) >= 11 is 5.76. The van der Waals surface area contributed by atoms with Crippen molar-refractivity contribution in [2.45, 2.75) is 25.9 Å². The van der Waals surface area contributed by atoms with Gasteiger partial charge >= 0.3 is 0 Å². The highest BCUT2D eigenvalue weighted by atomic mass is 35.5. The first kappa shape index (κ1) is 10.6. The van der Waals surface area contributed by atoms with Crippen molar-refractivity contribution in [3.05, 3.63) is 23.0 Å². The summed E-state index contributed by atoms with van der Waals surface area (Å²) in [5.74, 6) is 0. The third-order valence-corrected chi connectivity index (χ3v) is 2.17. The van der Waals surface area contributed by atoms with E-state index in [2.05, 4.69) is 17.2 Å². The van der Waals surface area contributed by atoms with Gasteiger partial charge in [0.2, 0.25) is 0 Å². The maximum Gasteiger partial charge on any atom is 0.0583 e. The van der Waals surface area contributed by atoms with Crippen LogP contribution >= 0.6 is 11.6 Å². The van der Waals surface area contributed by atoms with Crippen molar-refractivity contribution < 1.29 is 0 Å². The molecule has 0 aliphatic rings. The summed E-state index contributed by atoms with van der Waals surface area (Å²) in [6.07, 6.45) is 2.78. The molecule has 1 unspecified atom stereocenters. The summed E-state index contributed by atoms with van der Waals surface area (Å²) in [6, 6.07) is 2.37. The van der Waals surface area contributed by atoms with Gasteiger partial charge in [0, 0.05) is 24.5 Å². The van der Waals surface area contributed by atoms with Crippen LogP contribution in [0.15, 0.2) is 12.3 Å². The van der Waals surface area contributed by atoms with Crippen molar-refractivity contribution in [3.63, 3.8) is 0 Å². The lowest BCUT2D eigenvalue weighted by molar-refractivity contribution is 0.516. The van der Waals surface area contributed by atoms with Gasteiger partial charge in [0.1, 0.15) is 0 Å². The second-order valence-electron chi connectivity index (χ2n) is 3.20. The van der Waals surface area contributed by atoms with Crippen molar-refractivity contribution in [3.8, 4) is 0 Å². The molecule has 1 rings (SSSR count). The highest BCUT2D eigenvalue weighted by Crippen LogP contribution is 2.09. The number of nitrogens with two attached hydrogens (primary N) is 1. The normalized spacial score (nSPS) is 13.2. The first-order valence-corrected chi connectivity index (χ1v) is 4.86. The smallest absolute Gasteiger partial charge is 0.0583 e. The molecule has 74 valence electrons. The number of nitrogens with one attached hydrogen (secondary N) is 2. The van der Waals surface area contributed by atoms with Gasteiger partial charge in [-0.2, -0.15) is 0 Å². The maximum atomic E-state index is 5.76. The van der Waals surface area contributed by atoms with Crippen LogP contribution in [0.25, 0.3) is 0 Å². The second kappa shape index (κ2) is 5.27. The van der Waals surface area contributed by atoms with Gasteiger partial charge in [-0.1, -0.05) is 11.6 Å². The van der Waals surface area contributed by atoms with Crippen molar-refractivity contribution in [2.75, 3.05) is 6.54 Å². The van der Waals surface area contributed by atoms with Crippen molar-refractivity contribution >= 4 is 11.6 Å². The summed E-state index contributed by atoms with van der Waals surface area (Å²) in [7, 11) is 0. The number of rotatable bonds is 5. The third-order valence-electron chi connectivity index (χ3n) is 1.95. The Bertz CT molecular complexity index is 247. The lowest BCUT2D eigenvalue weighted by Gasteiger charge is -2.11. The minimum Gasteiger partial charge on any atom is -0.363 e. The zero-order valence-corrected chi connectivity index (χ0v) is 8.56. The maximum absolute atomic E-state index is 5.76. The predicted octanol–water partition coefficient (Wildman–Crippen LogP) is 1.49. The quantitative estimate of drug-likeness (QED) is 0.676. The number of aromatic nitrogens is 1. The summed E-state index contributed by atoms with van der Waals surface area (Å²) in [5.41, 5.74) is 6.54. The molecule has 1 aromatic rings. The minimum atomic E-state index is 0.451. The summed E-state index contributed by atoms with van der Waals surface area (Å²) in [5, 5.41) is 4.10. The predicted molar refractivity (Wildman–Crippen MR) is 55.8 cm³/mol. The largest absolute Gasteiger partial charge is 0.363 e. The van der Waals surface area contributed by atoms with E-state index in [9.17, 15) is 0 Å². The lowest BCUT2D eigenvalue weighted by Crippen LogP contribution is -2.27. The van der Waals surface area contributed by atoms with Crippen LogP contribution < -0.4 is 11.1 Å². The molecule has 0 radical (unpaired) electrons. The van der Waals surface area contributed by atoms with Gasteiger partial charge in [0.25, 0.3) is 0 Å². The van der Waals surface area contributed by atoms with Crippen LogP contribution in [-0.4, -0.2) is 17.6 Å². The molecule has 0 fully saturated rings. The molecule has 0 bridgehead atoms. The monoisotopic (exact) mass is 201 g/mol. The van der Waals surface area contributed by atoms with Gasteiger partial charge in [-0.15, -0.1) is 0 Å². The number of hydrogen-bond donors (Lipinski definition) is 3. The Hall–Kier alpha value is -0.510. The molecular formula is C9H16ClN3. The third kappa shape index (κ3) is 3.81. The highest BCUT2D eigenvalue weighted by molar-refractivity contribution is 6.30. The Morgan fingerprint density at radius 2 is 2.46 bits per heavy atom. The molecule has 0 saturated carbocycles. The fourth-order valence-electron chi connectivity index (χ4n) is 1.15. The molecule has 4 heteroatoms. The zero-order chi connectivity index (χ0) is 9.68. The average molecular weight is 202 g/mol. The minimum absolute atomic E-state index is 0.451. The van der Waals surface area contributed by atoms with E-state index in [-0.39, 0.29) is 0 Å². The molecule has 0 aliphatic heterocycles. The standard InChI is InChI=1S/C9H16ClN3/c1-7(2-3-11)12-6-9-4-8(10)5-13-9/h4-5,7,12-13H,2-3,6,11H2,1H3. The molecule has 1 atom stereocenters. The Balaban J connectivity index is 2.26. The van der Waals surface area contributed by atoms with E-state index in [0.717, 1.165) is 30.2 Å². The van der Waals surface area contributed by atoms with Gasteiger partial charge in [0.15, 0.2) is 0 Å². The van der Waals surface area contributed by atoms with Gasteiger partial charge in [-0.05, 0) is 26.0 Å². The van der Waals surface area contributed by atoms with E-state index >= 15 is 0 Å². The molecule has 4 N–H and O–H groups in total. The van der Waals surface area contributed by atoms with Crippen LogP contribution in [0.5, 0.6) is 0 Å². The summed E-state index contributed by atoms with van der Waals surface area (Å²) in [6.45, 7) is 3.66. The van der Waals surface area contributed by atoms with Crippen LogP contribution in [0.2, 0.25) is 5.02 Å². The lowest BCUT2D eigenvalue weighted by atomic mass is 10.2. The fraction of sp³-hybridized carbons (Fsp3) is 0.556. The van der Waals surface area contributed by atoms with Gasteiger partial charge in [-0.3, -0.25) is 0 Å². The van der Waals surface area contributed by atoms with Crippen LogP contribution in [0.1, 0.15) is 19.0 Å². The van der Waals surface area contributed by atoms with E-state index < -0.39 is 0 Å². The van der Waals surface area contributed by atoms with E-state index in [1.54, 1.807) is 6.20 Å². The van der Waals surface area contributed by atoms with E-state index in [0.29, 0.717) is 6.04 Å². The van der Waals surface area contributed by atoms with Crippen molar-refractivity contribution in [1.82, 2.24) is 10.3 Å². The number of hydrogen-bond acceptors (Lipinski definition) is 2. The first-order chi connectivity index (χ1) is 6.22. The topological polar surface area (TPSA) is 53.8 Å². The molecule has 13 heavy (non-hydrogen) atoms. The van der Waals surface area contributed by atoms with Gasteiger partial charge in [-0.25, -0.2) is 0 Å². The Morgan fingerprint density at radius 3 is 3.00 bits per heavy atom. The Labute approximate surface area is 83.7 Å². The number of halogens is 1. The van der Waals surface area contributed by atoms with E-state index in [4.69, 9.17) is 17.3 Å². The highest BCUT2D eigenvalue weighted by Gasteiger charge is 2.01. The summed E-state index contributed by atoms with van der Waals surface area (Å²) < 4.78 is 0. The van der Waals surface area contributed by atoms with Crippen molar-refractivity contribution in [1.29, 1.82) is 0 Å². The Morgan fingerprint density at radius 1 is 1.69 bits per heavy atom. The molecule has 0 amide bonds. The SMILES string of the molecule is CC(CCN)NCc1cc(Cl)c[nH]1. The number of H-pyrrole nitrogens is 1. The van der Waals surface area contributed by atoms with Crippen molar-refractivity contribution in [2.24, 2.45) is 5.73 Å². The van der Waals surface area contributed by atoms with Gasteiger partial charge < -0.3 is 16.0 Å². The number of aromatic amines is 1. The molecule has 0 spiro atoms. The average Bonchev–Trinajstić information content (AvgIpc) is 2.49. The fourth-order valence-corrected chi connectivity index (χ4v) is 1.34. The van der Waals surface area contributed by atoms with Crippen LogP contribution in [0.4, 0.5) is 0 Å². The molecule has 0 aromatic carbocycles. The van der Waals surface area contributed by atoms with Crippen LogP contribution in [0.3, 0.4) is 0 Å². The molecule has 1 aromatic heterocycles. The van der Waals surface area contributed by atoms with Gasteiger partial charge in [0.05, 0.1) is 5.02 Å². The Kier molecular flexibility index (Phi) is 4.28. The molecule has 0 saturated heterocycles. The molecule has 3 nitrogen and oxygen atoms in total. The van der Waals surface area contributed by atoms with E-state index in [1.807, 2.05) is 6.07 Å². The molecular weight excluding hydrogens is 186 g/mol. The van der Waals surface area contributed by atoms with E-state index in [1.165, 1.54) is 0 Å². The summed E-state index contributed by atoms with van der Waals surface area (Å²) in [4.78, 5) is 3.08. The molecule has 0 aliphatic carbocycles. The van der Waals surface area contributed by atoms with Crippen LogP contribution in [0, 0.1) is 0 Å². The van der Waals surface area contributed by atoms with Crippen LogP contribution in [-0.2, 0) is 6.54 Å².